The quantitative estimate of drug-likeness (QED) is 0.357. The summed E-state index contributed by atoms with van der Waals surface area (Å²) in [6.07, 6.45) is -10.4. The van der Waals surface area contributed by atoms with E-state index in [1.54, 1.807) is 11.8 Å². The summed E-state index contributed by atoms with van der Waals surface area (Å²) in [5, 5.41) is 14.8. The molecule has 2 saturated heterocycles. The molecular weight excluding hydrogens is 614 g/mol. The number of halogens is 6. The van der Waals surface area contributed by atoms with Crippen LogP contribution in [0.15, 0.2) is 36.4 Å². The molecule has 0 aliphatic carbocycles. The number of carbonyl (C=O) groups excluding carboxylic acids is 1. The maximum absolute atomic E-state index is 13.6. The average Bonchev–Trinajstić information content (AvgIpc) is 3.49. The molecular formula is C33H41F6N4O3-. The Morgan fingerprint density at radius 1 is 1.04 bits per heavy atom. The Labute approximate surface area is 265 Å². The molecule has 1 amide bonds. The van der Waals surface area contributed by atoms with Gasteiger partial charge in [0.2, 0.25) is 5.91 Å². The van der Waals surface area contributed by atoms with E-state index < -0.39 is 29.1 Å². The van der Waals surface area contributed by atoms with Gasteiger partial charge in [-0.15, -0.1) is 0 Å². The second kappa shape index (κ2) is 11.9. The van der Waals surface area contributed by atoms with Crippen LogP contribution in [0.3, 0.4) is 0 Å². The molecule has 0 spiro atoms. The lowest BCUT2D eigenvalue weighted by Crippen LogP contribution is -2.56. The zero-order valence-electron chi connectivity index (χ0n) is 26.7. The van der Waals surface area contributed by atoms with E-state index in [0.717, 1.165) is 29.4 Å². The van der Waals surface area contributed by atoms with Crippen LogP contribution < -0.4 is 9.64 Å². The Hall–Kier alpha value is -3.03. The second-order valence-electron chi connectivity index (χ2n) is 13.6. The molecule has 13 heteroatoms. The fraction of sp³-hybridized carbons (Fsp3) is 0.606. The summed E-state index contributed by atoms with van der Waals surface area (Å²) in [5.41, 5.74) is -3.98. The van der Waals surface area contributed by atoms with Gasteiger partial charge in [0.05, 0.1) is 6.54 Å². The molecule has 0 aromatic heterocycles. The highest BCUT2D eigenvalue weighted by atomic mass is 19.4. The highest BCUT2D eigenvalue weighted by Gasteiger charge is 2.71. The van der Waals surface area contributed by atoms with Gasteiger partial charge in [-0.2, -0.15) is 26.3 Å². The van der Waals surface area contributed by atoms with E-state index in [-0.39, 0.29) is 36.1 Å². The van der Waals surface area contributed by atoms with Crippen molar-refractivity contribution < 1.29 is 41.0 Å². The van der Waals surface area contributed by atoms with Gasteiger partial charge in [0.15, 0.2) is 0 Å². The van der Waals surface area contributed by atoms with Gasteiger partial charge >= 0.3 is 12.4 Å². The summed E-state index contributed by atoms with van der Waals surface area (Å²) < 4.78 is 87.3. The highest BCUT2D eigenvalue weighted by Crippen LogP contribution is 2.51. The van der Waals surface area contributed by atoms with E-state index in [9.17, 15) is 36.2 Å². The van der Waals surface area contributed by atoms with Crippen LogP contribution in [-0.4, -0.2) is 84.2 Å². The number of rotatable bonds is 7. The van der Waals surface area contributed by atoms with Crippen molar-refractivity contribution in [3.63, 3.8) is 0 Å². The fourth-order valence-corrected chi connectivity index (χ4v) is 6.91. The van der Waals surface area contributed by atoms with Crippen molar-refractivity contribution in [1.29, 1.82) is 0 Å². The molecule has 0 saturated carbocycles. The molecule has 3 aliphatic rings. The minimum absolute atomic E-state index is 0.0698. The van der Waals surface area contributed by atoms with Gasteiger partial charge in [-0.1, -0.05) is 62.3 Å². The number of piperazine rings is 1. The van der Waals surface area contributed by atoms with Crippen molar-refractivity contribution in [3.8, 4) is 5.75 Å². The molecule has 254 valence electrons. The Kier molecular flexibility index (Phi) is 8.87. The van der Waals surface area contributed by atoms with Crippen molar-refractivity contribution in [2.45, 2.75) is 89.0 Å². The molecule has 2 aromatic rings. The predicted molar refractivity (Wildman–Crippen MR) is 162 cm³/mol. The number of alkyl halides is 6. The molecule has 3 heterocycles. The van der Waals surface area contributed by atoms with Crippen LogP contribution in [0.25, 0.3) is 5.32 Å². The summed E-state index contributed by atoms with van der Waals surface area (Å²) >= 11 is 0. The number of amides is 1. The molecule has 0 radical (unpaired) electrons. The van der Waals surface area contributed by atoms with Crippen LogP contribution in [0.4, 0.5) is 32.0 Å². The first-order chi connectivity index (χ1) is 21.3. The average molecular weight is 656 g/mol. The lowest BCUT2D eigenvalue weighted by molar-refractivity contribution is -0.376. The molecule has 1 N–H and O–H groups in total. The Balaban J connectivity index is 1.24. The Morgan fingerprint density at radius 2 is 1.74 bits per heavy atom. The standard InChI is InChI=1S/C33H41F6N4O3/c1-6-7-22-14-25(31(45,32(34,35)36)33(37,38)39)8-10-26(22)43-13-12-42(17-21(43)2)28(44)18-41-19-30(5,40-20-41)24-9-11-27-23(15-24)16-29(3,4)46-27/h8-11,14-15,21,45H,6-7,12-13,16-20H2,1-5H3/q-1/t21?,30-/m1/s1. The first kappa shape index (κ1) is 34.3. The molecule has 2 atom stereocenters. The smallest absolute Gasteiger partial charge is 0.430 e. The maximum atomic E-state index is 13.6. The Morgan fingerprint density at radius 3 is 2.37 bits per heavy atom. The van der Waals surface area contributed by atoms with Crippen molar-refractivity contribution in [1.82, 2.24) is 9.80 Å². The van der Waals surface area contributed by atoms with Gasteiger partial charge in [-0.05, 0) is 57.0 Å². The monoisotopic (exact) mass is 655 g/mol. The number of fused-ring (bicyclic) bond motifs is 1. The third kappa shape index (κ3) is 6.29. The van der Waals surface area contributed by atoms with Crippen molar-refractivity contribution in [3.05, 3.63) is 64.0 Å². The molecule has 46 heavy (non-hydrogen) atoms. The van der Waals surface area contributed by atoms with E-state index >= 15 is 0 Å². The van der Waals surface area contributed by atoms with Crippen LogP contribution in [0.2, 0.25) is 0 Å². The lowest BCUT2D eigenvalue weighted by Gasteiger charge is -2.43. The normalized spacial score (nSPS) is 23.9. The van der Waals surface area contributed by atoms with Crippen LogP contribution in [0, 0.1) is 0 Å². The summed E-state index contributed by atoms with van der Waals surface area (Å²) in [5.74, 6) is 0.817. The maximum Gasteiger partial charge on any atom is 0.430 e. The summed E-state index contributed by atoms with van der Waals surface area (Å²) in [4.78, 5) is 19.0. The number of benzene rings is 2. The first-order valence-corrected chi connectivity index (χ1v) is 15.5. The minimum atomic E-state index is -5.96. The van der Waals surface area contributed by atoms with E-state index in [4.69, 9.17) is 10.1 Å². The molecule has 7 nitrogen and oxygen atoms in total. The number of anilines is 1. The van der Waals surface area contributed by atoms with Crippen LogP contribution in [0.5, 0.6) is 5.75 Å². The van der Waals surface area contributed by atoms with Gasteiger partial charge in [0, 0.05) is 43.3 Å². The lowest BCUT2D eigenvalue weighted by atomic mass is 9.89. The number of aliphatic hydroxyl groups is 1. The SMILES string of the molecule is CCCc1cc(C(O)(C(F)(F)F)C(F)(F)F)ccc1N1CCN(C(=O)CN2C[N-][C@@](C)(c3ccc4c(c3)CC(C)(C)O4)C2)CC1C. The number of nitrogens with zero attached hydrogens (tertiary/aromatic N) is 4. The number of hydrogen-bond acceptors (Lipinski definition) is 5. The van der Waals surface area contributed by atoms with E-state index in [1.165, 1.54) is 6.07 Å². The molecule has 3 aliphatic heterocycles. The number of hydrogen-bond donors (Lipinski definition) is 1. The fourth-order valence-electron chi connectivity index (χ4n) is 6.91. The van der Waals surface area contributed by atoms with Crippen molar-refractivity contribution >= 4 is 11.6 Å². The molecule has 0 bridgehead atoms. The number of ether oxygens (including phenoxy) is 1. The van der Waals surface area contributed by atoms with Crippen LogP contribution >= 0.6 is 0 Å². The van der Waals surface area contributed by atoms with E-state index in [2.05, 4.69) is 26.8 Å². The number of aryl methyl sites for hydroxylation is 1. The summed E-state index contributed by atoms with van der Waals surface area (Å²) in [6.45, 7) is 12.0. The topological polar surface area (TPSA) is 70.4 Å². The van der Waals surface area contributed by atoms with Gasteiger partial charge in [-0.25, -0.2) is 0 Å². The number of carbonyl (C=O) groups is 1. The summed E-state index contributed by atoms with van der Waals surface area (Å²) in [6, 6.07) is 8.63. The largest absolute Gasteiger partial charge is 0.640 e. The third-order valence-electron chi connectivity index (χ3n) is 9.32. The van der Waals surface area contributed by atoms with Crippen molar-refractivity contribution in [2.75, 3.05) is 44.3 Å². The van der Waals surface area contributed by atoms with Crippen LogP contribution in [0.1, 0.15) is 63.3 Å². The molecule has 5 rings (SSSR count). The molecule has 2 aromatic carbocycles. The highest BCUT2D eigenvalue weighted by molar-refractivity contribution is 5.79. The van der Waals surface area contributed by atoms with E-state index in [1.807, 2.05) is 28.9 Å². The van der Waals surface area contributed by atoms with Gasteiger partial charge in [0.1, 0.15) is 11.4 Å². The molecule has 1 unspecified atom stereocenters. The second-order valence-corrected chi connectivity index (χ2v) is 13.6. The Bertz CT molecular complexity index is 1450. The van der Waals surface area contributed by atoms with Gasteiger partial charge < -0.3 is 29.9 Å². The van der Waals surface area contributed by atoms with Gasteiger partial charge in [0.25, 0.3) is 5.60 Å². The molecule has 2 fully saturated rings. The van der Waals surface area contributed by atoms with Gasteiger partial charge in [-0.3, -0.25) is 4.79 Å². The van der Waals surface area contributed by atoms with Crippen LogP contribution in [-0.2, 0) is 28.8 Å². The zero-order valence-corrected chi connectivity index (χ0v) is 26.7. The minimum Gasteiger partial charge on any atom is -0.640 e. The van der Waals surface area contributed by atoms with Crippen molar-refractivity contribution in [2.24, 2.45) is 0 Å². The third-order valence-corrected chi connectivity index (χ3v) is 9.32. The predicted octanol–water partition coefficient (Wildman–Crippen LogP) is 6.26. The van der Waals surface area contributed by atoms with E-state index in [0.29, 0.717) is 51.0 Å². The summed E-state index contributed by atoms with van der Waals surface area (Å²) in [7, 11) is 0. The first-order valence-electron chi connectivity index (χ1n) is 15.5. The zero-order chi connectivity index (χ0) is 33.9.